The average molecular weight is 1010 g/mol. The molecular weight excluding hydrogens is 923 g/mol. The van der Waals surface area contributed by atoms with Crippen molar-refractivity contribution in [2.75, 3.05) is 33.2 Å². The number of nitrogens with zero attached hydrogens (tertiary/aromatic N) is 2. The van der Waals surface area contributed by atoms with Gasteiger partial charge in [-0.3, -0.25) is 9.59 Å². The third kappa shape index (κ3) is 19.4. The average Bonchev–Trinajstić information content (AvgIpc) is 3.30. The van der Waals surface area contributed by atoms with Crippen LogP contribution in [-0.4, -0.2) is 203 Å². The molecule has 0 aromatic rings. The molecular formula is C52H83N3O16. The zero-order chi connectivity index (χ0) is 52.4. The Morgan fingerprint density at radius 1 is 0.662 bits per heavy atom. The largest absolute Gasteiger partial charge is 0.462 e. The van der Waals surface area contributed by atoms with Crippen molar-refractivity contribution in [2.24, 2.45) is 23.5 Å². The molecule has 0 saturated carbocycles. The molecule has 4 aliphatic rings. The Hall–Kier alpha value is -3.48. The standard InChI is InChI=1S/C52H83N3O16/c1-32-18-16-14-12-10-8-6-7-9-11-13-15-17-19-39(70-51-49(65)46(53)48(64)35(4)69-51)29-43-45(50(66)55-24-22-54(5)23-25-55)42(61)31-52(67,71-43)30-38(58)27-41(60)40(59)21-20-36(56)26-37(57)28-44(62)68-34(3)33(2)47(32)63/h6-19,32-43,45-49,51,56-61,63-65,67H,20-31,53H2,1-5H3/b7-6+,10-8+,11-9+,14-12+,15-13+,18-16+,19-17+/t32-,33-,34-,35+,36+,37+,38-,39-,40+,41+,42-,43-,45+,46-,47+,48+,49-,51-,52+/m0/s1. The Balaban J connectivity index is 1.61. The molecule has 1 amide bonds. The number of cyclic esters (lactones) is 1. The van der Waals surface area contributed by atoms with Gasteiger partial charge in [-0.05, 0) is 40.2 Å². The van der Waals surface area contributed by atoms with E-state index in [1.165, 1.54) is 0 Å². The van der Waals surface area contributed by atoms with Gasteiger partial charge in [-0.15, -0.1) is 0 Å². The lowest BCUT2D eigenvalue weighted by molar-refractivity contribution is -0.308. The number of carbonyl (C=O) groups excluding carboxylic acids is 2. The van der Waals surface area contributed by atoms with E-state index in [-0.39, 0.29) is 31.6 Å². The fourth-order valence-corrected chi connectivity index (χ4v) is 9.21. The maximum Gasteiger partial charge on any atom is 0.308 e. The summed E-state index contributed by atoms with van der Waals surface area (Å²) in [6, 6.07) is -1.12. The summed E-state index contributed by atoms with van der Waals surface area (Å²) >= 11 is 0. The molecule has 2 bridgehead atoms. The molecule has 0 spiro atoms. The van der Waals surface area contributed by atoms with E-state index in [1.807, 2.05) is 56.5 Å². The molecule has 4 heterocycles. The van der Waals surface area contributed by atoms with Gasteiger partial charge in [0.1, 0.15) is 12.2 Å². The summed E-state index contributed by atoms with van der Waals surface area (Å²) in [5, 5.41) is 110. The topological polar surface area (TPSA) is 306 Å². The number of nitrogens with two attached hydrogens (primary N) is 1. The molecule has 402 valence electrons. The van der Waals surface area contributed by atoms with Gasteiger partial charge in [0.2, 0.25) is 5.91 Å². The van der Waals surface area contributed by atoms with Gasteiger partial charge in [0.05, 0.1) is 85.5 Å². The molecule has 3 fully saturated rings. The van der Waals surface area contributed by atoms with Crippen LogP contribution < -0.4 is 5.73 Å². The van der Waals surface area contributed by atoms with E-state index in [9.17, 15) is 60.7 Å². The van der Waals surface area contributed by atoms with Gasteiger partial charge in [0.25, 0.3) is 0 Å². The summed E-state index contributed by atoms with van der Waals surface area (Å²) in [6.07, 6.45) is 5.26. The predicted molar refractivity (Wildman–Crippen MR) is 263 cm³/mol. The van der Waals surface area contributed by atoms with Crippen molar-refractivity contribution in [1.82, 2.24) is 9.80 Å². The van der Waals surface area contributed by atoms with Crippen molar-refractivity contribution in [2.45, 2.75) is 177 Å². The Bertz CT molecular complexity index is 1840. The molecule has 0 aromatic heterocycles. The Kier molecular flexibility index (Phi) is 24.9. The van der Waals surface area contributed by atoms with Crippen LogP contribution in [0.1, 0.15) is 79.1 Å². The summed E-state index contributed by atoms with van der Waals surface area (Å²) in [7, 11) is 1.93. The fraction of sp³-hybridized carbons (Fsp3) is 0.692. The van der Waals surface area contributed by atoms with E-state index in [0.29, 0.717) is 26.2 Å². The molecule has 0 aliphatic carbocycles. The van der Waals surface area contributed by atoms with Gasteiger partial charge in [-0.25, -0.2) is 0 Å². The van der Waals surface area contributed by atoms with Crippen molar-refractivity contribution < 1.29 is 79.6 Å². The summed E-state index contributed by atoms with van der Waals surface area (Å²) in [5.74, 6) is -5.31. The molecule has 19 heteroatoms. The third-order valence-corrected chi connectivity index (χ3v) is 13.8. The molecule has 0 radical (unpaired) electrons. The van der Waals surface area contributed by atoms with Gasteiger partial charge in [-0.2, -0.15) is 0 Å². The number of ether oxygens (including phenoxy) is 4. The monoisotopic (exact) mass is 1010 g/mol. The first-order valence-corrected chi connectivity index (χ1v) is 25.0. The molecule has 71 heavy (non-hydrogen) atoms. The highest BCUT2D eigenvalue weighted by Gasteiger charge is 2.52. The first kappa shape index (κ1) is 60.1. The van der Waals surface area contributed by atoms with Crippen molar-refractivity contribution in [3.63, 3.8) is 0 Å². The predicted octanol–water partition coefficient (Wildman–Crippen LogP) is 0.401. The minimum Gasteiger partial charge on any atom is -0.462 e. The SMILES string of the molecule is C[C@@H]1[C@H](O)[C@@H](C)/C=C/C=C/C=C/C=C/C=C/C=C/C=C/[C@H](O[C@@H]2O[C@H](C)[C@@H](O)[C@H](N)[C@@H]2O)C[C@@H]2O[C@](O)(C[C@@H](O)C[C@@H](O)[C@H](O)CC[C@@H](O)C[C@@H](O)CC(=O)O[C@H]1C)C[C@H](O)[C@H]2C(=O)N1CCN(C)CC1. The van der Waals surface area contributed by atoms with Gasteiger partial charge in [0.15, 0.2) is 12.1 Å². The Morgan fingerprint density at radius 2 is 1.24 bits per heavy atom. The molecule has 12 N–H and O–H groups in total. The zero-order valence-corrected chi connectivity index (χ0v) is 41.9. The Labute approximate surface area is 418 Å². The number of piperazine rings is 1. The normalized spacial score (nSPS) is 44.3. The molecule has 4 aliphatic heterocycles. The van der Waals surface area contributed by atoms with E-state index in [1.54, 1.807) is 68.2 Å². The minimum atomic E-state index is -2.25. The van der Waals surface area contributed by atoms with Crippen molar-refractivity contribution in [1.29, 1.82) is 0 Å². The molecule has 0 aromatic carbocycles. The number of amides is 1. The second-order valence-corrected chi connectivity index (χ2v) is 19.9. The first-order valence-electron chi connectivity index (χ1n) is 25.0. The van der Waals surface area contributed by atoms with Crippen LogP contribution in [0.5, 0.6) is 0 Å². The second-order valence-electron chi connectivity index (χ2n) is 19.9. The highest BCUT2D eigenvalue weighted by atomic mass is 16.7. The lowest BCUT2D eigenvalue weighted by Gasteiger charge is -2.47. The van der Waals surface area contributed by atoms with E-state index in [2.05, 4.69) is 4.90 Å². The number of likely N-dealkylation sites (N-methyl/N-ethyl adjacent to an activating group) is 1. The smallest absolute Gasteiger partial charge is 0.308 e. The van der Waals surface area contributed by atoms with E-state index < -0.39 is 147 Å². The lowest BCUT2D eigenvalue weighted by Crippen LogP contribution is -2.62. The highest BCUT2D eigenvalue weighted by molar-refractivity contribution is 5.80. The first-order chi connectivity index (χ1) is 33.6. The van der Waals surface area contributed by atoms with E-state index in [4.69, 9.17) is 24.7 Å². The number of esters is 1. The lowest BCUT2D eigenvalue weighted by atomic mass is 9.81. The second kappa shape index (κ2) is 29.4. The van der Waals surface area contributed by atoms with Crippen LogP contribution in [0.4, 0.5) is 0 Å². The number of allylic oxidation sites excluding steroid dienone is 12. The van der Waals surface area contributed by atoms with Gasteiger partial charge < -0.3 is 85.5 Å². The fourth-order valence-electron chi connectivity index (χ4n) is 9.21. The maximum absolute atomic E-state index is 14.3. The zero-order valence-electron chi connectivity index (χ0n) is 41.9. The Morgan fingerprint density at radius 3 is 1.85 bits per heavy atom. The molecule has 3 saturated heterocycles. The summed E-state index contributed by atoms with van der Waals surface area (Å²) < 4.78 is 23.9. The maximum atomic E-state index is 14.3. The highest BCUT2D eigenvalue weighted by Crippen LogP contribution is 2.39. The van der Waals surface area contributed by atoms with E-state index in [0.717, 1.165) is 0 Å². The molecule has 19 atom stereocenters. The van der Waals surface area contributed by atoms with Crippen molar-refractivity contribution >= 4 is 11.9 Å². The molecule has 0 unspecified atom stereocenters. The van der Waals surface area contributed by atoms with Crippen LogP contribution in [0.15, 0.2) is 85.1 Å². The van der Waals surface area contributed by atoms with Gasteiger partial charge in [0, 0.05) is 63.7 Å². The van der Waals surface area contributed by atoms with Crippen molar-refractivity contribution in [3.05, 3.63) is 85.1 Å². The van der Waals surface area contributed by atoms with Crippen LogP contribution in [-0.2, 0) is 28.5 Å². The summed E-state index contributed by atoms with van der Waals surface area (Å²) in [6.45, 7) is 8.76. The number of carbonyl (C=O) groups is 2. The third-order valence-electron chi connectivity index (χ3n) is 13.8. The number of fused-ring (bicyclic) bond motifs is 2. The molecule has 19 nitrogen and oxygen atoms in total. The van der Waals surface area contributed by atoms with E-state index >= 15 is 0 Å². The number of hydrogen-bond acceptors (Lipinski definition) is 18. The number of hydrogen-bond donors (Lipinski definition) is 11. The summed E-state index contributed by atoms with van der Waals surface area (Å²) in [5.41, 5.74) is 6.13. The van der Waals surface area contributed by atoms with Crippen LogP contribution in [0, 0.1) is 17.8 Å². The van der Waals surface area contributed by atoms with Gasteiger partial charge in [-0.1, -0.05) is 98.9 Å². The van der Waals surface area contributed by atoms with Crippen LogP contribution in [0.2, 0.25) is 0 Å². The van der Waals surface area contributed by atoms with Crippen LogP contribution >= 0.6 is 0 Å². The molecule has 4 rings (SSSR count). The van der Waals surface area contributed by atoms with Crippen molar-refractivity contribution in [3.8, 4) is 0 Å². The minimum absolute atomic E-state index is 0.0871. The quantitative estimate of drug-likeness (QED) is 0.171. The van der Waals surface area contributed by atoms with Gasteiger partial charge >= 0.3 is 5.97 Å². The number of rotatable bonds is 3. The van der Waals surface area contributed by atoms with Crippen LogP contribution in [0.3, 0.4) is 0 Å². The number of aliphatic hydroxyl groups is 10. The summed E-state index contributed by atoms with van der Waals surface area (Å²) in [4.78, 5) is 30.7. The number of aliphatic hydroxyl groups excluding tert-OH is 9. The van der Waals surface area contributed by atoms with Crippen LogP contribution in [0.25, 0.3) is 0 Å².